The van der Waals surface area contributed by atoms with Crippen LogP contribution in [0.5, 0.6) is 11.5 Å². The van der Waals surface area contributed by atoms with Gasteiger partial charge in [0.15, 0.2) is 11.5 Å². The van der Waals surface area contributed by atoms with Gasteiger partial charge in [0.2, 0.25) is 11.8 Å². The molecule has 162 valence electrons. The first-order valence-electron chi connectivity index (χ1n) is 11.3. The number of anilines is 2. The van der Waals surface area contributed by atoms with E-state index in [0.29, 0.717) is 36.9 Å². The van der Waals surface area contributed by atoms with Gasteiger partial charge in [-0.1, -0.05) is 31.0 Å². The molecule has 1 saturated carbocycles. The first-order chi connectivity index (χ1) is 15.2. The van der Waals surface area contributed by atoms with Crippen LogP contribution in [-0.2, 0) is 16.0 Å². The summed E-state index contributed by atoms with van der Waals surface area (Å²) in [4.78, 5) is 28.6. The van der Waals surface area contributed by atoms with Crippen molar-refractivity contribution < 1.29 is 19.1 Å². The Labute approximate surface area is 182 Å². The summed E-state index contributed by atoms with van der Waals surface area (Å²) >= 11 is 0. The SMILES string of the molecule is O=C(Nc1ccc2c(c1)OCCCO2)C1CCCCC1C(=O)N1CCc2ccccc21. The fourth-order valence-corrected chi connectivity index (χ4v) is 4.98. The molecule has 1 N–H and O–H groups in total. The van der Waals surface area contributed by atoms with E-state index in [9.17, 15) is 9.59 Å². The predicted molar refractivity (Wildman–Crippen MR) is 119 cm³/mol. The standard InChI is InChI=1S/C25H28N2O4/c28-24(26-18-10-11-22-23(16-18)31-15-5-14-30-22)19-7-2-3-8-20(19)25(29)27-13-12-17-6-1-4-9-21(17)27/h1,4,6,9-11,16,19-20H,2-3,5,7-8,12-15H2,(H,26,28). The molecule has 6 heteroatoms. The van der Waals surface area contributed by atoms with E-state index in [1.807, 2.05) is 41.3 Å². The number of amides is 2. The molecule has 2 atom stereocenters. The summed E-state index contributed by atoms with van der Waals surface area (Å²) in [6.45, 7) is 1.93. The Hall–Kier alpha value is -3.02. The molecule has 2 aromatic carbocycles. The monoisotopic (exact) mass is 420 g/mol. The van der Waals surface area contributed by atoms with Gasteiger partial charge >= 0.3 is 0 Å². The van der Waals surface area contributed by atoms with Gasteiger partial charge in [0, 0.05) is 36.3 Å². The number of fused-ring (bicyclic) bond motifs is 2. The minimum atomic E-state index is -0.315. The highest BCUT2D eigenvalue weighted by Gasteiger charge is 2.39. The molecule has 1 fully saturated rings. The lowest BCUT2D eigenvalue weighted by molar-refractivity contribution is -0.132. The van der Waals surface area contributed by atoms with E-state index in [2.05, 4.69) is 11.4 Å². The normalized spacial score (nSPS) is 22.4. The minimum Gasteiger partial charge on any atom is -0.490 e. The Kier molecular flexibility index (Phi) is 5.53. The van der Waals surface area contributed by atoms with Gasteiger partial charge in [0.1, 0.15) is 0 Å². The topological polar surface area (TPSA) is 67.9 Å². The molecule has 1 aliphatic carbocycles. The number of rotatable bonds is 3. The van der Waals surface area contributed by atoms with Crippen molar-refractivity contribution in [3.63, 3.8) is 0 Å². The molecule has 2 unspecified atom stereocenters. The van der Waals surface area contributed by atoms with Crippen LogP contribution in [0, 0.1) is 11.8 Å². The van der Waals surface area contributed by atoms with Gasteiger partial charge in [-0.3, -0.25) is 9.59 Å². The number of carbonyl (C=O) groups is 2. The average Bonchev–Trinajstić information content (AvgIpc) is 3.09. The van der Waals surface area contributed by atoms with Crippen molar-refractivity contribution in [3.05, 3.63) is 48.0 Å². The van der Waals surface area contributed by atoms with Crippen molar-refractivity contribution in [2.45, 2.75) is 38.5 Å². The van der Waals surface area contributed by atoms with Crippen LogP contribution in [0.25, 0.3) is 0 Å². The van der Waals surface area contributed by atoms with E-state index in [1.54, 1.807) is 0 Å². The second kappa shape index (κ2) is 8.61. The molecule has 31 heavy (non-hydrogen) atoms. The Bertz CT molecular complexity index is 989. The number of hydrogen-bond acceptors (Lipinski definition) is 4. The average molecular weight is 421 g/mol. The van der Waals surface area contributed by atoms with E-state index in [0.717, 1.165) is 44.2 Å². The van der Waals surface area contributed by atoms with Crippen LogP contribution >= 0.6 is 0 Å². The molecule has 0 spiro atoms. The fraction of sp³-hybridized carbons (Fsp3) is 0.440. The van der Waals surface area contributed by atoms with Crippen LogP contribution in [0.2, 0.25) is 0 Å². The van der Waals surface area contributed by atoms with E-state index in [4.69, 9.17) is 9.47 Å². The zero-order chi connectivity index (χ0) is 21.2. The second-order valence-corrected chi connectivity index (χ2v) is 8.57. The van der Waals surface area contributed by atoms with Gasteiger partial charge in [0.25, 0.3) is 0 Å². The molecule has 0 bridgehead atoms. The zero-order valence-electron chi connectivity index (χ0n) is 17.6. The molecule has 2 amide bonds. The highest BCUT2D eigenvalue weighted by molar-refractivity contribution is 6.02. The molecular weight excluding hydrogens is 392 g/mol. The van der Waals surface area contributed by atoms with Gasteiger partial charge in [-0.2, -0.15) is 0 Å². The van der Waals surface area contributed by atoms with Crippen molar-refractivity contribution in [2.24, 2.45) is 11.8 Å². The number of nitrogens with zero attached hydrogens (tertiary/aromatic N) is 1. The molecular formula is C25H28N2O4. The number of benzene rings is 2. The zero-order valence-corrected chi connectivity index (χ0v) is 17.6. The maximum Gasteiger partial charge on any atom is 0.230 e. The number of nitrogens with one attached hydrogen (secondary N) is 1. The van der Waals surface area contributed by atoms with Gasteiger partial charge in [-0.25, -0.2) is 0 Å². The maximum atomic E-state index is 13.5. The molecule has 2 aliphatic heterocycles. The maximum absolute atomic E-state index is 13.5. The van der Waals surface area contributed by atoms with Crippen LogP contribution in [0.3, 0.4) is 0 Å². The van der Waals surface area contributed by atoms with Crippen molar-refractivity contribution >= 4 is 23.2 Å². The number of ether oxygens (including phenoxy) is 2. The molecule has 0 saturated heterocycles. The Balaban J connectivity index is 1.32. The highest BCUT2D eigenvalue weighted by Crippen LogP contribution is 2.37. The van der Waals surface area contributed by atoms with Crippen LogP contribution in [0.15, 0.2) is 42.5 Å². The molecule has 0 aromatic heterocycles. The largest absolute Gasteiger partial charge is 0.490 e. The lowest BCUT2D eigenvalue weighted by Crippen LogP contribution is -2.43. The summed E-state index contributed by atoms with van der Waals surface area (Å²) < 4.78 is 11.4. The van der Waals surface area contributed by atoms with Gasteiger partial charge < -0.3 is 19.7 Å². The Morgan fingerprint density at radius 3 is 2.55 bits per heavy atom. The molecule has 2 aromatic rings. The number of hydrogen-bond donors (Lipinski definition) is 1. The smallest absolute Gasteiger partial charge is 0.230 e. The van der Waals surface area contributed by atoms with Crippen molar-refractivity contribution in [1.82, 2.24) is 0 Å². The lowest BCUT2D eigenvalue weighted by atomic mass is 9.77. The summed E-state index contributed by atoms with van der Waals surface area (Å²) in [5.74, 6) is 0.767. The predicted octanol–water partition coefficient (Wildman–Crippen LogP) is 4.18. The molecule has 2 heterocycles. The fourth-order valence-electron chi connectivity index (χ4n) is 4.98. The van der Waals surface area contributed by atoms with Crippen molar-refractivity contribution in [2.75, 3.05) is 30.0 Å². The summed E-state index contributed by atoms with van der Waals surface area (Å²) in [5, 5.41) is 3.03. The second-order valence-electron chi connectivity index (χ2n) is 8.57. The van der Waals surface area contributed by atoms with E-state index in [1.165, 1.54) is 5.56 Å². The summed E-state index contributed by atoms with van der Waals surface area (Å²) in [6, 6.07) is 13.6. The molecule has 3 aliphatic rings. The quantitative estimate of drug-likeness (QED) is 0.809. The summed E-state index contributed by atoms with van der Waals surface area (Å²) in [7, 11) is 0. The lowest BCUT2D eigenvalue weighted by Gasteiger charge is -2.32. The third-order valence-corrected chi connectivity index (χ3v) is 6.59. The van der Waals surface area contributed by atoms with Crippen LogP contribution in [0.1, 0.15) is 37.7 Å². The van der Waals surface area contributed by atoms with E-state index >= 15 is 0 Å². The molecule has 5 rings (SSSR count). The Morgan fingerprint density at radius 2 is 1.68 bits per heavy atom. The summed E-state index contributed by atoms with van der Waals surface area (Å²) in [6.07, 6.45) is 5.17. The van der Waals surface area contributed by atoms with Gasteiger partial charge in [-0.15, -0.1) is 0 Å². The third-order valence-electron chi connectivity index (χ3n) is 6.59. The molecule has 6 nitrogen and oxygen atoms in total. The molecule has 0 radical (unpaired) electrons. The van der Waals surface area contributed by atoms with Crippen LogP contribution in [0.4, 0.5) is 11.4 Å². The Morgan fingerprint density at radius 1 is 0.903 bits per heavy atom. The third kappa shape index (κ3) is 3.99. The minimum absolute atomic E-state index is 0.0833. The van der Waals surface area contributed by atoms with E-state index in [-0.39, 0.29) is 23.7 Å². The number of carbonyl (C=O) groups excluding carboxylic acids is 2. The van der Waals surface area contributed by atoms with Crippen LogP contribution in [-0.4, -0.2) is 31.6 Å². The van der Waals surface area contributed by atoms with Gasteiger partial charge in [0.05, 0.1) is 19.1 Å². The van der Waals surface area contributed by atoms with Crippen molar-refractivity contribution in [1.29, 1.82) is 0 Å². The van der Waals surface area contributed by atoms with Crippen LogP contribution < -0.4 is 19.7 Å². The van der Waals surface area contributed by atoms with Crippen molar-refractivity contribution in [3.8, 4) is 11.5 Å². The summed E-state index contributed by atoms with van der Waals surface area (Å²) in [5.41, 5.74) is 2.89. The van der Waals surface area contributed by atoms with Gasteiger partial charge in [-0.05, 0) is 43.0 Å². The van der Waals surface area contributed by atoms with E-state index < -0.39 is 0 Å². The highest BCUT2D eigenvalue weighted by atomic mass is 16.5. The first-order valence-corrected chi connectivity index (χ1v) is 11.3. The number of para-hydroxylation sites is 1. The first kappa shape index (κ1) is 19.9.